The maximum Gasteiger partial charge on any atom is 0.761 e. The van der Waals surface area contributed by atoms with Gasteiger partial charge in [-0.05, 0) is 0 Å². The fourth-order valence-electron chi connectivity index (χ4n) is 0. The van der Waals surface area contributed by atoms with E-state index in [1.54, 1.807) is 0 Å². The van der Waals surface area contributed by atoms with Crippen molar-refractivity contribution in [1.82, 2.24) is 0 Å². The van der Waals surface area contributed by atoms with Crippen molar-refractivity contribution in [2.75, 3.05) is 0 Å². The van der Waals surface area contributed by atoms with Crippen LogP contribution in [0.2, 0.25) is 0 Å². The average molecular weight is 440 g/mol. The zero-order chi connectivity index (χ0) is 17.9. The molecule has 0 unspecified atom stereocenters. The van der Waals surface area contributed by atoms with E-state index in [1.165, 1.54) is 0 Å². The van der Waals surface area contributed by atoms with E-state index in [0.717, 1.165) is 0 Å². The molecule has 0 amide bonds. The van der Waals surface area contributed by atoms with Gasteiger partial charge in [0.2, 0.25) is 0 Å². The molecule has 0 saturated carbocycles. The molecule has 0 aliphatic heterocycles. The first-order chi connectivity index (χ1) is 8.66. The second kappa shape index (κ2) is 37.1. The molecular weight excluding hydrogens is 430 g/mol. The third-order valence-corrected chi connectivity index (χ3v) is 0. The molecule has 0 heterocycles. The normalized spacial score (nSPS) is 5.45. The first-order valence-electron chi connectivity index (χ1n) is 3.26. The van der Waals surface area contributed by atoms with E-state index in [2.05, 4.69) is 0 Å². The summed E-state index contributed by atoms with van der Waals surface area (Å²) >= 11 is 0. The maximum absolute atomic E-state index is 8.74. The first kappa shape index (κ1) is 43.0. The van der Waals surface area contributed by atoms with Crippen LogP contribution < -0.4 is 0 Å². The van der Waals surface area contributed by atoms with Gasteiger partial charge in [0.25, 0.3) is 0 Å². The maximum atomic E-state index is 8.74. The standard InChI is InChI=1S/Al.Na.5H2O3Si/c;;5*1-4(2)3/h;;5*1-2H. The Labute approximate surface area is 162 Å². The summed E-state index contributed by atoms with van der Waals surface area (Å²) in [6, 6.07) is 0. The fourth-order valence-corrected chi connectivity index (χ4v) is 0. The predicted octanol–water partition coefficient (Wildman–Crippen LogP) is -8.83. The fraction of sp³-hybridized carbons (Fsp3) is 0. The molecule has 10 N–H and O–H groups in total. The van der Waals surface area contributed by atoms with Crippen molar-refractivity contribution in [2.45, 2.75) is 0 Å². The van der Waals surface area contributed by atoms with Gasteiger partial charge in [-0.1, -0.05) is 0 Å². The summed E-state index contributed by atoms with van der Waals surface area (Å²) in [5.41, 5.74) is 0. The van der Waals surface area contributed by atoms with Gasteiger partial charge in [0, 0.05) is 46.9 Å². The second-order valence-electron chi connectivity index (χ2n) is 1.41. The molecule has 0 rings (SSSR count). The van der Waals surface area contributed by atoms with E-state index in [0.29, 0.717) is 0 Å². The largest absolute Gasteiger partial charge is 0.761 e. The van der Waals surface area contributed by atoms with E-state index < -0.39 is 45.9 Å². The summed E-state index contributed by atoms with van der Waals surface area (Å²) in [6.45, 7) is 0. The molecule has 4 radical (unpaired) electrons. The summed E-state index contributed by atoms with van der Waals surface area (Å²) in [6.07, 6.45) is 0. The quantitative estimate of drug-likeness (QED) is 0.156. The third kappa shape index (κ3) is 46300. The number of rotatable bonds is 0. The Morgan fingerprint density at radius 2 is 0.364 bits per heavy atom. The molecule has 15 nitrogen and oxygen atoms in total. The molecule has 0 atom stereocenters. The van der Waals surface area contributed by atoms with Crippen LogP contribution in [0.4, 0.5) is 0 Å². The van der Waals surface area contributed by atoms with E-state index in [-0.39, 0.29) is 46.9 Å². The molecule has 0 saturated heterocycles. The van der Waals surface area contributed by atoms with Gasteiger partial charge < -0.3 is 48.0 Å². The SMILES string of the molecule is O=[Si](O)O.O=[Si](O)O.O=[Si](O)O.O=[Si](O)O.O=[Si](O)O.[Al].[Na]. The van der Waals surface area contributed by atoms with Crippen LogP contribution in [-0.4, -0.2) is 141 Å². The molecule has 0 fully saturated rings. The third-order valence-electron chi connectivity index (χ3n) is 0. The molecule has 22 heteroatoms. The van der Waals surface area contributed by atoms with Crippen LogP contribution in [0.25, 0.3) is 0 Å². The molecule has 0 bridgehead atoms. The Balaban J connectivity index is -0.0000000250. The van der Waals surface area contributed by atoms with Gasteiger partial charge in [-0.25, -0.2) is 0 Å². The second-order valence-corrected chi connectivity index (χ2v) is 4.24. The van der Waals surface area contributed by atoms with Gasteiger partial charge in [-0.2, -0.15) is 0 Å². The number of hydrogen-bond acceptors (Lipinski definition) is 5. The zero-order valence-electron chi connectivity index (χ0n) is 10.6. The summed E-state index contributed by atoms with van der Waals surface area (Å²) in [7, 11) is -15.6. The Morgan fingerprint density at radius 1 is 0.364 bits per heavy atom. The van der Waals surface area contributed by atoms with Crippen LogP contribution in [0.3, 0.4) is 0 Å². The smallest absolute Gasteiger partial charge is 0.511 e. The minimum Gasteiger partial charge on any atom is -0.511 e. The van der Waals surface area contributed by atoms with Crippen molar-refractivity contribution < 1.29 is 70.3 Å². The summed E-state index contributed by atoms with van der Waals surface area (Å²) in [5.74, 6) is 0. The molecule has 0 aliphatic rings. The summed E-state index contributed by atoms with van der Waals surface area (Å²) in [4.78, 5) is 71.6. The Hall–Kier alpha value is -0.383. The van der Waals surface area contributed by atoms with Crippen LogP contribution >= 0.6 is 0 Å². The Bertz CT molecular complexity index is 213. The monoisotopic (exact) mass is 440 g/mol. The van der Waals surface area contributed by atoms with Crippen molar-refractivity contribution >= 4 is 92.8 Å². The average Bonchev–Trinajstić information content (AvgIpc) is 1.94. The minimum atomic E-state index is -3.13. The molecular formula is H10AlNaO15Si5. The van der Waals surface area contributed by atoms with Gasteiger partial charge in [-0.3, -0.25) is 22.3 Å². The van der Waals surface area contributed by atoms with Crippen LogP contribution in [-0.2, 0) is 22.3 Å². The van der Waals surface area contributed by atoms with Crippen LogP contribution in [0.15, 0.2) is 0 Å². The predicted molar refractivity (Wildman–Crippen MR) is 65.9 cm³/mol. The minimum absolute atomic E-state index is 0. The van der Waals surface area contributed by atoms with Gasteiger partial charge >= 0.3 is 45.9 Å². The van der Waals surface area contributed by atoms with Gasteiger partial charge in [0.05, 0.1) is 0 Å². The van der Waals surface area contributed by atoms with Crippen molar-refractivity contribution in [3.63, 3.8) is 0 Å². The Kier molecular flexibility index (Phi) is 72.6. The molecule has 0 aliphatic carbocycles. The molecule has 124 valence electrons. The molecule has 0 spiro atoms. The molecule has 0 aromatic rings. The van der Waals surface area contributed by atoms with Gasteiger partial charge in [0.1, 0.15) is 0 Å². The van der Waals surface area contributed by atoms with Crippen molar-refractivity contribution in [3.05, 3.63) is 0 Å². The molecule has 0 aromatic heterocycles. The van der Waals surface area contributed by atoms with Crippen molar-refractivity contribution in [1.29, 1.82) is 0 Å². The molecule has 22 heavy (non-hydrogen) atoms. The van der Waals surface area contributed by atoms with E-state index >= 15 is 0 Å². The van der Waals surface area contributed by atoms with E-state index in [1.807, 2.05) is 0 Å². The first-order valence-corrected chi connectivity index (χ1v) is 9.77. The zero-order valence-corrected chi connectivity index (χ0v) is 18.7. The number of hydrogen-bond donors (Lipinski definition) is 10. The molecule has 0 aromatic carbocycles. The Morgan fingerprint density at radius 3 is 0.364 bits per heavy atom. The van der Waals surface area contributed by atoms with E-state index in [4.69, 9.17) is 70.3 Å². The topological polar surface area (TPSA) is 288 Å². The van der Waals surface area contributed by atoms with Crippen LogP contribution in [0.1, 0.15) is 0 Å². The van der Waals surface area contributed by atoms with Crippen LogP contribution in [0.5, 0.6) is 0 Å². The van der Waals surface area contributed by atoms with Gasteiger partial charge in [0.15, 0.2) is 0 Å². The van der Waals surface area contributed by atoms with Crippen LogP contribution in [0, 0.1) is 0 Å². The van der Waals surface area contributed by atoms with Crippen molar-refractivity contribution in [2.24, 2.45) is 0 Å². The summed E-state index contributed by atoms with van der Waals surface area (Å²) < 4.78 is 43.7. The van der Waals surface area contributed by atoms with Gasteiger partial charge in [-0.15, -0.1) is 0 Å². The summed E-state index contributed by atoms with van der Waals surface area (Å²) in [5, 5.41) is 0. The van der Waals surface area contributed by atoms with Crippen molar-refractivity contribution in [3.8, 4) is 0 Å². The van der Waals surface area contributed by atoms with E-state index in [9.17, 15) is 0 Å².